The highest BCUT2D eigenvalue weighted by Gasteiger charge is 2.37. The van der Waals surface area contributed by atoms with E-state index in [1.165, 1.54) is 0 Å². The zero-order valence-electron chi connectivity index (χ0n) is 11.5. The molecule has 0 aliphatic heterocycles. The van der Waals surface area contributed by atoms with Gasteiger partial charge in [-0.15, -0.1) is 0 Å². The molecule has 0 radical (unpaired) electrons. The Morgan fingerprint density at radius 1 is 0.950 bits per heavy atom. The van der Waals surface area contributed by atoms with E-state index in [1.54, 1.807) is 27.7 Å². The summed E-state index contributed by atoms with van der Waals surface area (Å²) in [6.45, 7) is 6.61. The highest BCUT2D eigenvalue weighted by molar-refractivity contribution is 7.48. The van der Waals surface area contributed by atoms with E-state index in [0.29, 0.717) is 0 Å². The van der Waals surface area contributed by atoms with Crippen molar-refractivity contribution in [3.63, 3.8) is 0 Å². The zero-order valence-corrected chi connectivity index (χ0v) is 16.2. The monoisotopic (exact) mass is 408 g/mol. The van der Waals surface area contributed by atoms with Gasteiger partial charge < -0.3 is 0 Å². The fraction of sp³-hybridized carbons (Fsp3) is 1.00. The molecular weight excluding hydrogens is 392 g/mol. The van der Waals surface area contributed by atoms with Crippen LogP contribution in [0.25, 0.3) is 0 Å². The molecule has 0 aliphatic carbocycles. The van der Waals surface area contributed by atoms with Gasteiger partial charge in [-0.05, 0) is 11.8 Å². The Bertz CT molecular complexity index is 314. The fourth-order valence-corrected chi connectivity index (χ4v) is 3.21. The van der Waals surface area contributed by atoms with Crippen molar-refractivity contribution in [2.24, 2.45) is 11.8 Å². The minimum atomic E-state index is -4.05. The van der Waals surface area contributed by atoms with Crippen LogP contribution in [0.4, 0.5) is 0 Å². The van der Waals surface area contributed by atoms with Crippen LogP contribution in [0, 0.1) is 11.8 Å². The quantitative estimate of drug-likeness (QED) is 0.366. The molecule has 0 saturated carbocycles. The van der Waals surface area contributed by atoms with E-state index < -0.39 is 29.3 Å². The van der Waals surface area contributed by atoms with Crippen molar-refractivity contribution in [1.29, 1.82) is 0 Å². The molecule has 0 bridgehead atoms. The smallest absolute Gasteiger partial charge is 0.282 e. The van der Waals surface area contributed by atoms with Crippen LogP contribution in [0.5, 0.6) is 0 Å². The molecule has 3 atom stereocenters. The summed E-state index contributed by atoms with van der Waals surface area (Å²) in [4.78, 5) is 0. The highest BCUT2D eigenvalue weighted by Crippen LogP contribution is 2.55. The van der Waals surface area contributed by atoms with Crippen LogP contribution in [0.3, 0.4) is 0 Å². The number of halogens is 5. The van der Waals surface area contributed by atoms with Crippen LogP contribution >= 0.6 is 65.8 Å². The number of alkyl halides is 5. The summed E-state index contributed by atoms with van der Waals surface area (Å²) in [5, 5.41) is 0. The minimum absolute atomic E-state index is 0.127. The first-order chi connectivity index (χ1) is 8.86. The number of phosphoric acid groups is 1. The molecule has 0 aromatic rings. The van der Waals surface area contributed by atoms with E-state index in [9.17, 15) is 4.57 Å². The molecule has 20 heavy (non-hydrogen) atoms. The second kappa shape index (κ2) is 9.00. The third-order valence-corrected chi connectivity index (χ3v) is 5.07. The lowest BCUT2D eigenvalue weighted by molar-refractivity contribution is 0.0726. The van der Waals surface area contributed by atoms with Gasteiger partial charge in [0.2, 0.25) is 3.79 Å². The Hall–Kier alpha value is 1.56. The largest absolute Gasteiger partial charge is 0.477 e. The summed E-state index contributed by atoms with van der Waals surface area (Å²) in [5.74, 6) is -0.254. The Morgan fingerprint density at radius 2 is 1.30 bits per heavy atom. The summed E-state index contributed by atoms with van der Waals surface area (Å²) in [6, 6.07) is 0. The number of hydrogen-bond acceptors (Lipinski definition) is 4. The molecule has 0 rings (SSSR count). The van der Waals surface area contributed by atoms with E-state index in [4.69, 9.17) is 71.6 Å². The van der Waals surface area contributed by atoms with Gasteiger partial charge in [0.15, 0.2) is 0 Å². The van der Waals surface area contributed by atoms with Gasteiger partial charge in [0.1, 0.15) is 17.7 Å². The lowest BCUT2D eigenvalue weighted by Gasteiger charge is -2.26. The summed E-state index contributed by atoms with van der Waals surface area (Å²) in [7, 11) is -4.05. The highest BCUT2D eigenvalue weighted by atomic mass is 35.6. The summed E-state index contributed by atoms with van der Waals surface area (Å²) in [6.07, 6.45) is 0. The first kappa shape index (κ1) is 21.6. The van der Waals surface area contributed by atoms with E-state index in [0.717, 1.165) is 0 Å². The molecule has 1 unspecified atom stereocenters. The van der Waals surface area contributed by atoms with Gasteiger partial charge in [-0.3, -0.25) is 13.6 Å². The van der Waals surface area contributed by atoms with E-state index >= 15 is 0 Å². The predicted octanol–water partition coefficient (Wildman–Crippen LogP) is 5.96. The lowest BCUT2D eigenvalue weighted by atomic mass is 10.2. The van der Waals surface area contributed by atoms with Crippen LogP contribution in [0.15, 0.2) is 0 Å². The normalized spacial score (nSPS) is 19.1. The molecule has 122 valence electrons. The Morgan fingerprint density at radius 3 is 1.55 bits per heavy atom. The van der Waals surface area contributed by atoms with Crippen molar-refractivity contribution in [2.45, 2.75) is 42.6 Å². The predicted molar refractivity (Wildman–Crippen MR) is 85.0 cm³/mol. The molecule has 0 amide bonds. The number of rotatable bonds is 8. The zero-order chi connectivity index (χ0) is 16.1. The van der Waals surface area contributed by atoms with Crippen LogP contribution in [0.1, 0.15) is 27.7 Å². The molecule has 0 saturated heterocycles. The van der Waals surface area contributed by atoms with Gasteiger partial charge in [-0.25, -0.2) is 4.57 Å². The Labute approximate surface area is 144 Å². The van der Waals surface area contributed by atoms with Crippen LogP contribution in [-0.2, 0) is 18.1 Å². The van der Waals surface area contributed by atoms with Crippen molar-refractivity contribution in [1.82, 2.24) is 0 Å². The van der Waals surface area contributed by atoms with Gasteiger partial charge >= 0.3 is 7.82 Å². The first-order valence-corrected chi connectivity index (χ1v) is 9.29. The van der Waals surface area contributed by atoms with Crippen LogP contribution in [0.2, 0.25) is 0 Å². The molecule has 0 N–H and O–H groups in total. The maximum absolute atomic E-state index is 12.5. The van der Waals surface area contributed by atoms with Gasteiger partial charge in [0.25, 0.3) is 0 Å². The number of phosphoric ester groups is 1. The third-order valence-electron chi connectivity index (χ3n) is 1.89. The molecule has 4 nitrogen and oxygen atoms in total. The van der Waals surface area contributed by atoms with Crippen LogP contribution < -0.4 is 0 Å². The molecule has 0 heterocycles. The second-order valence-corrected chi connectivity index (χ2v) is 9.69. The third kappa shape index (κ3) is 9.55. The van der Waals surface area contributed by atoms with Crippen molar-refractivity contribution in [2.75, 3.05) is 6.61 Å². The SMILES string of the molecule is CC(C)[C@H](Cl)OP(=O)(OCC(Cl)(Cl)Cl)O[C@H](Cl)C(C)C. The Balaban J connectivity index is 4.88. The molecule has 0 fully saturated rings. The Kier molecular flexibility index (Phi) is 9.70. The van der Waals surface area contributed by atoms with Crippen molar-refractivity contribution < 1.29 is 18.1 Å². The summed E-state index contributed by atoms with van der Waals surface area (Å²) in [5.41, 5.74) is -1.79. The van der Waals surface area contributed by atoms with Crippen LogP contribution in [-0.4, -0.2) is 21.5 Å². The fourth-order valence-electron chi connectivity index (χ4n) is 0.728. The van der Waals surface area contributed by atoms with E-state index in [1.807, 2.05) is 0 Å². The topological polar surface area (TPSA) is 44.8 Å². The molecule has 0 aromatic carbocycles. The lowest BCUT2D eigenvalue weighted by Crippen LogP contribution is -2.20. The second-order valence-electron chi connectivity index (χ2n) is 4.74. The van der Waals surface area contributed by atoms with Crippen molar-refractivity contribution in [3.8, 4) is 0 Å². The van der Waals surface area contributed by atoms with Gasteiger partial charge in [-0.1, -0.05) is 85.7 Å². The maximum atomic E-state index is 12.5. The van der Waals surface area contributed by atoms with Crippen molar-refractivity contribution >= 4 is 65.8 Å². The molecule has 0 spiro atoms. The van der Waals surface area contributed by atoms with E-state index in [-0.39, 0.29) is 11.8 Å². The molecule has 10 heteroatoms. The van der Waals surface area contributed by atoms with Gasteiger partial charge in [-0.2, -0.15) is 0 Å². The number of hydrogen-bond donors (Lipinski definition) is 0. The average molecular weight is 410 g/mol. The minimum Gasteiger partial charge on any atom is -0.282 e. The maximum Gasteiger partial charge on any atom is 0.477 e. The standard InChI is InChI=1S/C10H18Cl5O4P/c1-6(2)8(11)18-20(16,17-5-10(13,14)15)19-9(12)7(3)4/h6-9H,5H2,1-4H3/t8-,9+,20?. The summed E-state index contributed by atoms with van der Waals surface area (Å²) < 4.78 is 26.0. The molecule has 0 aliphatic rings. The molecular formula is C10H18Cl5O4P. The molecule has 0 aromatic heterocycles. The first-order valence-electron chi connectivity index (χ1n) is 5.82. The summed E-state index contributed by atoms with van der Waals surface area (Å²) >= 11 is 28.5. The van der Waals surface area contributed by atoms with E-state index in [2.05, 4.69) is 0 Å². The van der Waals surface area contributed by atoms with Gasteiger partial charge in [0, 0.05) is 0 Å². The van der Waals surface area contributed by atoms with Crippen molar-refractivity contribution in [3.05, 3.63) is 0 Å². The average Bonchev–Trinajstić information content (AvgIpc) is 2.25. The van der Waals surface area contributed by atoms with Gasteiger partial charge in [0.05, 0.1) is 0 Å².